The van der Waals surface area contributed by atoms with Gasteiger partial charge in [-0.25, -0.2) is 8.78 Å². The van der Waals surface area contributed by atoms with E-state index in [4.69, 9.17) is 0 Å². The van der Waals surface area contributed by atoms with E-state index in [1.165, 1.54) is 5.57 Å². The van der Waals surface area contributed by atoms with E-state index in [0.717, 1.165) is 25.9 Å². The largest absolute Gasteiger partial charge is 0.314 e. The van der Waals surface area contributed by atoms with E-state index in [0.29, 0.717) is 0 Å². The summed E-state index contributed by atoms with van der Waals surface area (Å²) in [5.41, 5.74) is 1.18. The fraction of sp³-hybridized carbons (Fsp3) is 0.800. The first-order valence-corrected chi connectivity index (χ1v) is 4.95. The van der Waals surface area contributed by atoms with Gasteiger partial charge in [0.05, 0.1) is 13.1 Å². The van der Waals surface area contributed by atoms with Gasteiger partial charge in [0.25, 0.3) is 5.92 Å². The highest BCUT2D eigenvalue weighted by atomic mass is 19.3. The zero-order chi connectivity index (χ0) is 10.6. The molecule has 0 aromatic carbocycles. The number of piperidine rings is 1. The second-order valence-corrected chi connectivity index (χ2v) is 3.91. The van der Waals surface area contributed by atoms with Gasteiger partial charge in [-0.2, -0.15) is 0 Å². The Morgan fingerprint density at radius 3 is 2.50 bits per heavy atom. The molecule has 0 unspecified atom stereocenters. The van der Waals surface area contributed by atoms with Gasteiger partial charge in [0, 0.05) is 13.1 Å². The molecule has 1 saturated heterocycles. The summed E-state index contributed by atoms with van der Waals surface area (Å²) in [6.45, 7) is 4.91. The normalized spacial score (nSPS) is 20.1. The van der Waals surface area contributed by atoms with E-state index in [2.05, 4.69) is 11.9 Å². The Bertz CT molecular complexity index is 194. The van der Waals surface area contributed by atoms with Crippen LogP contribution in [0.4, 0.5) is 8.78 Å². The molecule has 1 aliphatic heterocycles. The molecule has 1 aliphatic rings. The van der Waals surface area contributed by atoms with Crippen LogP contribution in [-0.2, 0) is 0 Å². The van der Waals surface area contributed by atoms with Gasteiger partial charge in [0.15, 0.2) is 0 Å². The Morgan fingerprint density at radius 2 is 2.00 bits per heavy atom. The second-order valence-electron chi connectivity index (χ2n) is 3.91. The lowest BCUT2D eigenvalue weighted by atomic mass is 10.1. The van der Waals surface area contributed by atoms with Crippen LogP contribution in [0.1, 0.15) is 12.8 Å². The number of halogens is 2. The van der Waals surface area contributed by atoms with Crippen molar-refractivity contribution in [2.75, 3.05) is 33.2 Å². The third kappa shape index (κ3) is 3.72. The average Bonchev–Trinajstić information content (AvgIpc) is 2.08. The van der Waals surface area contributed by atoms with Gasteiger partial charge < -0.3 is 5.32 Å². The average molecular weight is 204 g/mol. The molecular weight excluding hydrogens is 186 g/mol. The zero-order valence-electron chi connectivity index (χ0n) is 8.65. The number of nitrogens with zero attached hydrogens (tertiary/aromatic N) is 1. The molecule has 1 heterocycles. The molecule has 0 radical (unpaired) electrons. The van der Waals surface area contributed by atoms with Crippen molar-refractivity contribution in [3.63, 3.8) is 0 Å². The highest BCUT2D eigenvalue weighted by Crippen LogP contribution is 2.19. The topological polar surface area (TPSA) is 15.3 Å². The summed E-state index contributed by atoms with van der Waals surface area (Å²) in [5, 5.41) is 2.51. The third-order valence-electron chi connectivity index (χ3n) is 2.45. The summed E-state index contributed by atoms with van der Waals surface area (Å²) in [4.78, 5) is 1.81. The van der Waals surface area contributed by atoms with Crippen LogP contribution in [0.25, 0.3) is 0 Å². The quantitative estimate of drug-likeness (QED) is 0.698. The van der Waals surface area contributed by atoms with Gasteiger partial charge in [-0.1, -0.05) is 12.2 Å². The maximum Gasteiger partial charge on any atom is 0.272 e. The van der Waals surface area contributed by atoms with Crippen molar-refractivity contribution in [3.05, 3.63) is 12.2 Å². The highest BCUT2D eigenvalue weighted by Gasteiger charge is 2.31. The van der Waals surface area contributed by atoms with Crippen LogP contribution in [-0.4, -0.2) is 44.0 Å². The van der Waals surface area contributed by atoms with Crippen molar-refractivity contribution < 1.29 is 8.78 Å². The minimum Gasteiger partial charge on any atom is -0.314 e. The first kappa shape index (κ1) is 11.6. The number of likely N-dealkylation sites (tertiary alicyclic amines) is 1. The zero-order valence-corrected chi connectivity index (χ0v) is 8.65. The lowest BCUT2D eigenvalue weighted by Crippen LogP contribution is -2.44. The van der Waals surface area contributed by atoms with Crippen LogP contribution in [0.3, 0.4) is 0 Å². The van der Waals surface area contributed by atoms with Crippen molar-refractivity contribution in [2.45, 2.75) is 18.8 Å². The van der Waals surface area contributed by atoms with Crippen molar-refractivity contribution in [1.82, 2.24) is 10.2 Å². The van der Waals surface area contributed by atoms with E-state index in [9.17, 15) is 8.78 Å². The summed E-state index contributed by atoms with van der Waals surface area (Å²) in [6.07, 6.45) is 1.71. The molecule has 82 valence electrons. The number of rotatable bonds is 4. The van der Waals surface area contributed by atoms with Crippen LogP contribution in [0, 0.1) is 0 Å². The lowest BCUT2D eigenvalue weighted by Gasteiger charge is -2.31. The van der Waals surface area contributed by atoms with Gasteiger partial charge in [0.2, 0.25) is 0 Å². The first-order chi connectivity index (χ1) is 6.53. The van der Waals surface area contributed by atoms with E-state index >= 15 is 0 Å². The monoisotopic (exact) mass is 204 g/mol. The maximum atomic E-state index is 13.2. The molecule has 0 amide bonds. The molecule has 4 heteroatoms. The Morgan fingerprint density at radius 1 is 1.43 bits per heavy atom. The van der Waals surface area contributed by atoms with Crippen molar-refractivity contribution in [1.29, 1.82) is 0 Å². The third-order valence-corrected chi connectivity index (χ3v) is 2.45. The Labute approximate surface area is 84.0 Å². The van der Waals surface area contributed by atoms with E-state index in [1.807, 2.05) is 4.90 Å². The molecule has 1 rings (SSSR count). The smallest absolute Gasteiger partial charge is 0.272 e. The molecule has 2 nitrogen and oxygen atoms in total. The lowest BCUT2D eigenvalue weighted by molar-refractivity contribution is -0.0306. The number of hydrogen-bond acceptors (Lipinski definition) is 2. The van der Waals surface area contributed by atoms with E-state index in [-0.39, 0.29) is 13.1 Å². The molecule has 0 saturated carbocycles. The van der Waals surface area contributed by atoms with Crippen LogP contribution in [0.2, 0.25) is 0 Å². The Hall–Kier alpha value is -0.480. The predicted molar refractivity (Wildman–Crippen MR) is 53.7 cm³/mol. The number of hydrogen-bond donors (Lipinski definition) is 1. The molecule has 0 aromatic heterocycles. The summed E-state index contributed by atoms with van der Waals surface area (Å²) in [6, 6.07) is 0. The molecule has 1 fully saturated rings. The molecular formula is C10H18F2N2. The van der Waals surface area contributed by atoms with Crippen LogP contribution < -0.4 is 5.32 Å². The highest BCUT2D eigenvalue weighted by molar-refractivity contribution is 4.99. The van der Waals surface area contributed by atoms with Gasteiger partial charge in [-0.15, -0.1) is 0 Å². The van der Waals surface area contributed by atoms with E-state index < -0.39 is 5.92 Å². The minimum atomic E-state index is -2.62. The Kier molecular flexibility index (Phi) is 4.01. The molecule has 1 N–H and O–H groups in total. The van der Waals surface area contributed by atoms with Crippen LogP contribution in [0.5, 0.6) is 0 Å². The van der Waals surface area contributed by atoms with Gasteiger partial charge in [-0.3, -0.25) is 4.90 Å². The van der Waals surface area contributed by atoms with Gasteiger partial charge in [-0.05, 0) is 19.9 Å². The SMILES string of the molecule is C=C1CCN(CC(F)(F)CNC)CC1. The predicted octanol–water partition coefficient (Wildman–Crippen LogP) is 1.49. The summed E-state index contributed by atoms with van der Waals surface area (Å²) >= 11 is 0. The molecule has 0 spiro atoms. The minimum absolute atomic E-state index is 0.138. The number of nitrogens with one attached hydrogen (secondary N) is 1. The van der Waals surface area contributed by atoms with Crippen molar-refractivity contribution in [2.24, 2.45) is 0 Å². The van der Waals surface area contributed by atoms with E-state index in [1.54, 1.807) is 7.05 Å². The summed E-state index contributed by atoms with van der Waals surface area (Å²) < 4.78 is 26.4. The standard InChI is InChI=1S/C10H18F2N2/c1-9-3-5-14(6-4-9)8-10(11,12)7-13-2/h13H,1,3-8H2,2H3. The molecule has 14 heavy (non-hydrogen) atoms. The second kappa shape index (κ2) is 4.84. The molecule has 0 bridgehead atoms. The fourth-order valence-electron chi connectivity index (χ4n) is 1.67. The first-order valence-electron chi connectivity index (χ1n) is 4.95. The molecule has 0 aromatic rings. The summed E-state index contributed by atoms with van der Waals surface area (Å²) in [7, 11) is 1.55. The fourth-order valence-corrected chi connectivity index (χ4v) is 1.67. The maximum absolute atomic E-state index is 13.2. The summed E-state index contributed by atoms with van der Waals surface area (Å²) in [5.74, 6) is -2.62. The van der Waals surface area contributed by atoms with Gasteiger partial charge >= 0.3 is 0 Å². The Balaban J connectivity index is 2.33. The molecule has 0 atom stereocenters. The van der Waals surface area contributed by atoms with Crippen LogP contribution >= 0.6 is 0 Å². The molecule has 0 aliphatic carbocycles. The van der Waals surface area contributed by atoms with Crippen LogP contribution in [0.15, 0.2) is 12.2 Å². The van der Waals surface area contributed by atoms with Crippen molar-refractivity contribution in [3.8, 4) is 0 Å². The van der Waals surface area contributed by atoms with Crippen molar-refractivity contribution >= 4 is 0 Å². The number of alkyl halides is 2. The van der Waals surface area contributed by atoms with Gasteiger partial charge in [0.1, 0.15) is 0 Å².